The van der Waals surface area contributed by atoms with Gasteiger partial charge in [0.2, 0.25) is 5.89 Å². The lowest BCUT2D eigenvalue weighted by molar-refractivity contribution is 0.0600. The Morgan fingerprint density at radius 2 is 2.00 bits per heavy atom. The van der Waals surface area contributed by atoms with Crippen molar-refractivity contribution in [3.8, 4) is 5.75 Å². The number of amides is 1. The highest BCUT2D eigenvalue weighted by Gasteiger charge is 2.14. The minimum atomic E-state index is -0.656. The number of phenolic OH excluding ortho intramolecular Hbond substituents is 1. The minimum Gasteiger partial charge on any atom is -0.508 e. The summed E-state index contributed by atoms with van der Waals surface area (Å²) in [5.41, 5.74) is 0.167. The van der Waals surface area contributed by atoms with E-state index in [-0.39, 0.29) is 35.9 Å². The van der Waals surface area contributed by atoms with Crippen LogP contribution in [0, 0.1) is 0 Å². The molecule has 23 heavy (non-hydrogen) atoms. The van der Waals surface area contributed by atoms with Gasteiger partial charge in [-0.25, -0.2) is 4.79 Å². The molecule has 1 aromatic heterocycles. The molecule has 0 saturated carbocycles. The summed E-state index contributed by atoms with van der Waals surface area (Å²) in [7, 11) is 2.71. The fourth-order valence-electron chi connectivity index (χ4n) is 1.79. The second kappa shape index (κ2) is 7.36. The number of hydrogen-bond donors (Lipinski definition) is 2. The van der Waals surface area contributed by atoms with Crippen LogP contribution in [0.1, 0.15) is 32.4 Å². The molecule has 0 fully saturated rings. The summed E-state index contributed by atoms with van der Waals surface area (Å²) in [6.45, 7) is 0.200. The third-order valence-corrected chi connectivity index (χ3v) is 2.78. The second-order valence-electron chi connectivity index (χ2n) is 4.48. The zero-order valence-corrected chi connectivity index (χ0v) is 12.5. The number of nitrogens with zero attached hydrogens (tertiary/aromatic N) is 2. The monoisotopic (exact) mass is 321 g/mol. The number of phenols is 1. The molecule has 0 saturated heterocycles. The Labute approximate surface area is 131 Å². The highest BCUT2D eigenvalue weighted by atomic mass is 16.5. The molecule has 0 spiro atoms. The highest BCUT2D eigenvalue weighted by Crippen LogP contribution is 2.16. The molecule has 9 nitrogen and oxygen atoms in total. The van der Waals surface area contributed by atoms with E-state index in [1.54, 1.807) is 0 Å². The van der Waals surface area contributed by atoms with E-state index in [1.165, 1.54) is 32.4 Å². The molecule has 0 unspecified atom stereocenters. The summed E-state index contributed by atoms with van der Waals surface area (Å²) in [6, 6.07) is 3.74. The van der Waals surface area contributed by atoms with Gasteiger partial charge in [0.05, 0.1) is 19.2 Å². The van der Waals surface area contributed by atoms with Gasteiger partial charge >= 0.3 is 5.97 Å². The zero-order chi connectivity index (χ0) is 16.8. The van der Waals surface area contributed by atoms with Gasteiger partial charge in [0.15, 0.2) is 5.82 Å². The van der Waals surface area contributed by atoms with Crippen molar-refractivity contribution < 1.29 is 28.7 Å². The van der Waals surface area contributed by atoms with Gasteiger partial charge in [-0.2, -0.15) is 4.98 Å². The molecule has 0 atom stereocenters. The van der Waals surface area contributed by atoms with E-state index in [9.17, 15) is 14.7 Å². The summed E-state index contributed by atoms with van der Waals surface area (Å²) in [5.74, 6) is -0.826. The number of aromatic hydroxyl groups is 1. The molecule has 1 amide bonds. The summed E-state index contributed by atoms with van der Waals surface area (Å²) in [5, 5.41) is 15.8. The Hall–Kier alpha value is -2.94. The van der Waals surface area contributed by atoms with Crippen molar-refractivity contribution in [1.29, 1.82) is 0 Å². The molecule has 0 radical (unpaired) electrons. The molecule has 2 aromatic rings. The third kappa shape index (κ3) is 4.27. The number of methoxy groups -OCH3 is 2. The maximum atomic E-state index is 12.1. The van der Waals surface area contributed by atoms with Crippen molar-refractivity contribution in [2.24, 2.45) is 0 Å². The van der Waals surface area contributed by atoms with Crippen LogP contribution in [-0.2, 0) is 22.6 Å². The number of rotatable bonds is 6. The molecule has 0 aliphatic carbocycles. The molecule has 1 aromatic carbocycles. The first-order valence-electron chi connectivity index (χ1n) is 6.54. The van der Waals surface area contributed by atoms with Crippen LogP contribution in [0.4, 0.5) is 0 Å². The quantitative estimate of drug-likeness (QED) is 0.743. The molecule has 2 N–H and O–H groups in total. The molecular formula is C14H15N3O6. The number of carbonyl (C=O) groups excluding carboxylic acids is 2. The van der Waals surface area contributed by atoms with Crippen LogP contribution in [0.15, 0.2) is 22.7 Å². The Balaban J connectivity index is 2.05. The van der Waals surface area contributed by atoms with Gasteiger partial charge in [-0.1, -0.05) is 5.16 Å². The first-order chi connectivity index (χ1) is 11.0. The van der Waals surface area contributed by atoms with Crippen molar-refractivity contribution >= 4 is 11.9 Å². The zero-order valence-electron chi connectivity index (χ0n) is 12.5. The van der Waals surface area contributed by atoms with Crippen LogP contribution in [0.3, 0.4) is 0 Å². The van der Waals surface area contributed by atoms with Gasteiger partial charge < -0.3 is 24.4 Å². The van der Waals surface area contributed by atoms with Crippen LogP contribution in [-0.4, -0.2) is 41.3 Å². The maximum absolute atomic E-state index is 12.1. The predicted octanol–water partition coefficient (Wildman–Crippen LogP) is 0.638. The molecule has 0 aliphatic rings. The molecule has 9 heteroatoms. The molecular weight excluding hydrogens is 306 g/mol. The summed E-state index contributed by atoms with van der Waals surface area (Å²) in [4.78, 5) is 27.6. The van der Waals surface area contributed by atoms with Crippen LogP contribution in [0.2, 0.25) is 0 Å². The Bertz CT molecular complexity index is 712. The van der Waals surface area contributed by atoms with Crippen LogP contribution < -0.4 is 5.32 Å². The maximum Gasteiger partial charge on any atom is 0.338 e. The Morgan fingerprint density at radius 1 is 1.26 bits per heavy atom. The van der Waals surface area contributed by atoms with Crippen molar-refractivity contribution in [3.63, 3.8) is 0 Å². The van der Waals surface area contributed by atoms with E-state index in [0.717, 1.165) is 0 Å². The van der Waals surface area contributed by atoms with E-state index >= 15 is 0 Å². The molecule has 122 valence electrons. The van der Waals surface area contributed by atoms with E-state index < -0.39 is 11.9 Å². The number of nitrogens with one attached hydrogen (secondary N) is 1. The fourth-order valence-corrected chi connectivity index (χ4v) is 1.79. The number of hydrogen-bond acceptors (Lipinski definition) is 8. The standard InChI is InChI=1S/C14H15N3O6/c1-21-7-11-16-12(23-17-11)6-15-13(19)8-3-9(14(20)22-2)5-10(18)4-8/h3-5,18H,6-7H2,1-2H3,(H,15,19). The third-order valence-electron chi connectivity index (χ3n) is 2.78. The summed E-state index contributed by atoms with van der Waals surface area (Å²) >= 11 is 0. The lowest BCUT2D eigenvalue weighted by Gasteiger charge is -2.06. The average molecular weight is 321 g/mol. The number of esters is 1. The Kier molecular flexibility index (Phi) is 5.26. The number of ether oxygens (including phenoxy) is 2. The minimum absolute atomic E-state index is 0.00123. The average Bonchev–Trinajstić information content (AvgIpc) is 2.99. The first kappa shape index (κ1) is 16.4. The lowest BCUT2D eigenvalue weighted by atomic mass is 10.1. The van der Waals surface area contributed by atoms with Gasteiger partial charge in [-0.3, -0.25) is 4.79 Å². The normalized spacial score (nSPS) is 10.3. The second-order valence-corrected chi connectivity index (χ2v) is 4.48. The van der Waals surface area contributed by atoms with E-state index in [2.05, 4.69) is 20.2 Å². The van der Waals surface area contributed by atoms with E-state index in [0.29, 0.717) is 5.82 Å². The molecule has 1 heterocycles. The van der Waals surface area contributed by atoms with Gasteiger partial charge in [-0.15, -0.1) is 0 Å². The van der Waals surface area contributed by atoms with Gasteiger partial charge in [0, 0.05) is 12.7 Å². The van der Waals surface area contributed by atoms with E-state index in [4.69, 9.17) is 9.26 Å². The predicted molar refractivity (Wildman–Crippen MR) is 75.6 cm³/mol. The number of aromatic nitrogens is 2. The van der Waals surface area contributed by atoms with Crippen LogP contribution in [0.25, 0.3) is 0 Å². The van der Waals surface area contributed by atoms with Crippen molar-refractivity contribution in [1.82, 2.24) is 15.5 Å². The van der Waals surface area contributed by atoms with Gasteiger partial charge in [0.25, 0.3) is 5.91 Å². The number of benzene rings is 1. The SMILES string of the molecule is COCc1noc(CNC(=O)c2cc(O)cc(C(=O)OC)c2)n1. The highest BCUT2D eigenvalue weighted by molar-refractivity contribution is 5.98. The van der Waals surface area contributed by atoms with Gasteiger partial charge in [0.1, 0.15) is 12.4 Å². The summed E-state index contributed by atoms with van der Waals surface area (Å²) < 4.78 is 14.3. The smallest absolute Gasteiger partial charge is 0.338 e. The first-order valence-corrected chi connectivity index (χ1v) is 6.54. The lowest BCUT2D eigenvalue weighted by Crippen LogP contribution is -2.23. The number of carbonyl (C=O) groups is 2. The topological polar surface area (TPSA) is 124 Å². The van der Waals surface area contributed by atoms with E-state index in [1.807, 2.05) is 0 Å². The van der Waals surface area contributed by atoms with Crippen LogP contribution in [0.5, 0.6) is 5.75 Å². The molecule has 0 aliphatic heterocycles. The molecule has 0 bridgehead atoms. The Morgan fingerprint density at radius 3 is 2.70 bits per heavy atom. The van der Waals surface area contributed by atoms with Crippen molar-refractivity contribution in [2.75, 3.05) is 14.2 Å². The summed E-state index contributed by atoms with van der Waals surface area (Å²) in [6.07, 6.45) is 0. The van der Waals surface area contributed by atoms with Gasteiger partial charge in [-0.05, 0) is 18.2 Å². The van der Waals surface area contributed by atoms with Crippen molar-refractivity contribution in [3.05, 3.63) is 41.0 Å². The van der Waals surface area contributed by atoms with Crippen LogP contribution >= 0.6 is 0 Å². The largest absolute Gasteiger partial charge is 0.508 e. The molecule has 2 rings (SSSR count). The van der Waals surface area contributed by atoms with Crippen molar-refractivity contribution in [2.45, 2.75) is 13.2 Å². The fraction of sp³-hybridized carbons (Fsp3) is 0.286.